The Morgan fingerprint density at radius 3 is 2.80 bits per heavy atom. The Labute approximate surface area is 92.8 Å². The zero-order valence-corrected chi connectivity index (χ0v) is 10.00. The predicted octanol–water partition coefficient (Wildman–Crippen LogP) is 3.19. The van der Waals surface area contributed by atoms with Crippen molar-refractivity contribution in [1.29, 1.82) is 0 Å². The Morgan fingerprint density at radius 1 is 1.33 bits per heavy atom. The van der Waals surface area contributed by atoms with Gasteiger partial charge < -0.3 is 9.64 Å². The fourth-order valence-electron chi connectivity index (χ4n) is 2.15. The van der Waals surface area contributed by atoms with E-state index in [-0.39, 0.29) is 6.09 Å². The van der Waals surface area contributed by atoms with E-state index >= 15 is 0 Å². The summed E-state index contributed by atoms with van der Waals surface area (Å²) in [5.41, 5.74) is 0. The van der Waals surface area contributed by atoms with Gasteiger partial charge in [0.05, 0.1) is 6.61 Å². The maximum absolute atomic E-state index is 11.7. The van der Waals surface area contributed by atoms with Crippen molar-refractivity contribution in [3.63, 3.8) is 0 Å². The lowest BCUT2D eigenvalue weighted by Gasteiger charge is -2.34. The van der Waals surface area contributed by atoms with Gasteiger partial charge in [0.1, 0.15) is 0 Å². The van der Waals surface area contributed by atoms with Gasteiger partial charge in [-0.25, -0.2) is 4.79 Å². The Hall–Kier alpha value is -0.730. The molecule has 15 heavy (non-hydrogen) atoms. The van der Waals surface area contributed by atoms with Crippen LogP contribution in [0, 0.1) is 0 Å². The highest BCUT2D eigenvalue weighted by atomic mass is 16.6. The van der Waals surface area contributed by atoms with E-state index in [2.05, 4.69) is 6.92 Å². The summed E-state index contributed by atoms with van der Waals surface area (Å²) in [7, 11) is 0. The van der Waals surface area contributed by atoms with Crippen molar-refractivity contribution in [3.05, 3.63) is 0 Å². The highest BCUT2D eigenvalue weighted by molar-refractivity contribution is 5.68. The number of piperidine rings is 1. The lowest BCUT2D eigenvalue weighted by atomic mass is 9.99. The van der Waals surface area contributed by atoms with Crippen molar-refractivity contribution in [2.75, 3.05) is 13.2 Å². The minimum Gasteiger partial charge on any atom is -0.449 e. The molecule has 1 atom stereocenters. The second kappa shape index (κ2) is 6.70. The number of hydrogen-bond donors (Lipinski definition) is 0. The van der Waals surface area contributed by atoms with E-state index in [9.17, 15) is 4.79 Å². The lowest BCUT2D eigenvalue weighted by molar-refractivity contribution is 0.0708. The molecule has 0 N–H and O–H groups in total. The summed E-state index contributed by atoms with van der Waals surface area (Å²) in [5.74, 6) is 0. The van der Waals surface area contributed by atoms with Gasteiger partial charge in [-0.1, -0.05) is 20.3 Å². The van der Waals surface area contributed by atoms with E-state index in [0.29, 0.717) is 12.6 Å². The number of amides is 1. The molecular formula is C12H23NO2. The molecule has 0 aromatic carbocycles. The molecule has 0 aromatic rings. The summed E-state index contributed by atoms with van der Waals surface area (Å²) in [6.45, 7) is 5.62. The van der Waals surface area contributed by atoms with Crippen LogP contribution in [0.15, 0.2) is 0 Å². The van der Waals surface area contributed by atoms with Crippen LogP contribution in [-0.2, 0) is 4.74 Å². The van der Waals surface area contributed by atoms with Gasteiger partial charge in [0, 0.05) is 12.6 Å². The molecule has 1 rings (SSSR count). The molecule has 1 aliphatic rings. The standard InChI is InChI=1S/C12H23NO2/c1-3-7-11-8-5-6-9-13(11)12(14)15-10-4-2/h11H,3-10H2,1-2H3/t11-/m1/s1. The van der Waals surface area contributed by atoms with Crippen molar-refractivity contribution >= 4 is 6.09 Å². The van der Waals surface area contributed by atoms with Gasteiger partial charge in [-0.2, -0.15) is 0 Å². The Morgan fingerprint density at radius 2 is 2.13 bits per heavy atom. The van der Waals surface area contributed by atoms with Crippen LogP contribution < -0.4 is 0 Å². The molecule has 3 heteroatoms. The summed E-state index contributed by atoms with van der Waals surface area (Å²) in [4.78, 5) is 13.7. The minimum absolute atomic E-state index is 0.102. The van der Waals surface area contributed by atoms with Crippen LogP contribution in [0.2, 0.25) is 0 Å². The molecule has 1 aliphatic heterocycles. The molecule has 0 bridgehead atoms. The average molecular weight is 213 g/mol. The van der Waals surface area contributed by atoms with Gasteiger partial charge in [0.25, 0.3) is 0 Å². The van der Waals surface area contributed by atoms with Crippen LogP contribution in [0.3, 0.4) is 0 Å². The molecule has 3 nitrogen and oxygen atoms in total. The van der Waals surface area contributed by atoms with Crippen LogP contribution in [0.4, 0.5) is 4.79 Å². The smallest absolute Gasteiger partial charge is 0.410 e. The molecular weight excluding hydrogens is 190 g/mol. The SMILES string of the molecule is CCCOC(=O)N1CCCC[C@H]1CCC. The first-order chi connectivity index (χ1) is 7.29. The molecule has 0 aromatic heterocycles. The maximum atomic E-state index is 11.7. The van der Waals surface area contributed by atoms with Gasteiger partial charge >= 0.3 is 6.09 Å². The Balaban J connectivity index is 2.43. The van der Waals surface area contributed by atoms with Gasteiger partial charge in [-0.05, 0) is 32.1 Å². The third kappa shape index (κ3) is 3.73. The normalized spacial score (nSPS) is 21.5. The van der Waals surface area contributed by atoms with Crippen molar-refractivity contribution in [1.82, 2.24) is 4.90 Å². The molecule has 0 saturated carbocycles. The van der Waals surface area contributed by atoms with Crippen molar-refractivity contribution < 1.29 is 9.53 Å². The fraction of sp³-hybridized carbons (Fsp3) is 0.917. The molecule has 1 saturated heterocycles. The second-order valence-corrected chi connectivity index (χ2v) is 4.25. The summed E-state index contributed by atoms with van der Waals surface area (Å²) in [6, 6.07) is 0.424. The third-order valence-electron chi connectivity index (χ3n) is 2.91. The zero-order valence-electron chi connectivity index (χ0n) is 10.00. The van der Waals surface area contributed by atoms with Crippen LogP contribution in [0.5, 0.6) is 0 Å². The summed E-state index contributed by atoms with van der Waals surface area (Å²) >= 11 is 0. The number of likely N-dealkylation sites (tertiary alicyclic amines) is 1. The Kier molecular flexibility index (Phi) is 5.51. The van der Waals surface area contributed by atoms with Gasteiger partial charge in [-0.3, -0.25) is 0 Å². The number of carbonyl (C=O) groups is 1. The van der Waals surface area contributed by atoms with Crippen LogP contribution >= 0.6 is 0 Å². The van der Waals surface area contributed by atoms with Crippen LogP contribution in [0.1, 0.15) is 52.4 Å². The minimum atomic E-state index is -0.102. The molecule has 88 valence electrons. The van der Waals surface area contributed by atoms with E-state index in [4.69, 9.17) is 4.74 Å². The third-order valence-corrected chi connectivity index (χ3v) is 2.91. The summed E-state index contributed by atoms with van der Waals surface area (Å²) < 4.78 is 5.19. The quantitative estimate of drug-likeness (QED) is 0.717. The first kappa shape index (κ1) is 12.3. The molecule has 0 aliphatic carbocycles. The second-order valence-electron chi connectivity index (χ2n) is 4.25. The molecule has 1 fully saturated rings. The zero-order chi connectivity index (χ0) is 11.1. The highest BCUT2D eigenvalue weighted by Crippen LogP contribution is 2.21. The van der Waals surface area contributed by atoms with Crippen molar-refractivity contribution in [2.24, 2.45) is 0 Å². The lowest BCUT2D eigenvalue weighted by Crippen LogP contribution is -2.44. The maximum Gasteiger partial charge on any atom is 0.410 e. The van der Waals surface area contributed by atoms with Gasteiger partial charge in [0.2, 0.25) is 0 Å². The fourth-order valence-corrected chi connectivity index (χ4v) is 2.15. The van der Waals surface area contributed by atoms with E-state index in [1.165, 1.54) is 6.42 Å². The average Bonchev–Trinajstić information content (AvgIpc) is 2.27. The van der Waals surface area contributed by atoms with E-state index in [1.807, 2.05) is 11.8 Å². The van der Waals surface area contributed by atoms with Gasteiger partial charge in [0.15, 0.2) is 0 Å². The number of rotatable bonds is 4. The van der Waals surface area contributed by atoms with Crippen LogP contribution in [0.25, 0.3) is 0 Å². The summed E-state index contributed by atoms with van der Waals surface area (Å²) in [6.07, 6.45) is 6.58. The number of hydrogen-bond acceptors (Lipinski definition) is 2. The van der Waals surface area contributed by atoms with Crippen LogP contribution in [-0.4, -0.2) is 30.2 Å². The van der Waals surface area contributed by atoms with E-state index < -0.39 is 0 Å². The monoisotopic (exact) mass is 213 g/mol. The molecule has 1 amide bonds. The number of ether oxygens (including phenoxy) is 1. The Bertz CT molecular complexity index is 192. The molecule has 0 unspecified atom stereocenters. The van der Waals surface area contributed by atoms with E-state index in [0.717, 1.165) is 38.6 Å². The van der Waals surface area contributed by atoms with Gasteiger partial charge in [-0.15, -0.1) is 0 Å². The van der Waals surface area contributed by atoms with Crippen molar-refractivity contribution in [2.45, 2.75) is 58.4 Å². The topological polar surface area (TPSA) is 29.5 Å². The largest absolute Gasteiger partial charge is 0.449 e. The number of nitrogens with zero attached hydrogens (tertiary/aromatic N) is 1. The molecule has 0 spiro atoms. The summed E-state index contributed by atoms with van der Waals surface area (Å²) in [5, 5.41) is 0. The first-order valence-corrected chi connectivity index (χ1v) is 6.23. The predicted molar refractivity (Wildman–Crippen MR) is 60.9 cm³/mol. The molecule has 0 radical (unpaired) electrons. The molecule has 1 heterocycles. The highest BCUT2D eigenvalue weighted by Gasteiger charge is 2.26. The number of carbonyl (C=O) groups excluding carboxylic acids is 1. The van der Waals surface area contributed by atoms with E-state index in [1.54, 1.807) is 0 Å². The first-order valence-electron chi connectivity index (χ1n) is 6.23. The van der Waals surface area contributed by atoms with Crippen molar-refractivity contribution in [3.8, 4) is 0 Å².